The number of ether oxygens (including phenoxy) is 4. The van der Waals surface area contributed by atoms with Crippen molar-refractivity contribution in [2.75, 3.05) is 0 Å². The monoisotopic (exact) mass is 489 g/mol. The molecule has 2 aliphatic heterocycles. The first kappa shape index (κ1) is 25.2. The van der Waals surface area contributed by atoms with Gasteiger partial charge in [-0.05, 0) is 11.6 Å². The summed E-state index contributed by atoms with van der Waals surface area (Å²) in [6.45, 7) is 4.96. The third-order valence-corrected chi connectivity index (χ3v) is 4.78. The predicted octanol–water partition coefficient (Wildman–Crippen LogP) is 1.02. The summed E-state index contributed by atoms with van der Waals surface area (Å²) in [5.41, 5.74) is -1.45. The predicted molar refractivity (Wildman–Crippen MR) is 111 cm³/mol. The molecule has 0 aliphatic carbocycles. The third-order valence-electron chi connectivity index (χ3n) is 4.78. The van der Waals surface area contributed by atoms with E-state index >= 15 is 0 Å². The molecule has 35 heavy (non-hydrogen) atoms. The van der Waals surface area contributed by atoms with Crippen LogP contribution in [0.1, 0.15) is 33.3 Å². The SMILES string of the molecule is CC1(C)OC(=O)C(C(=O)C(=Cc2cccc([N+](=O)[O-])c2)C(=O)C2C(=O)OC(C)(C)OC2=O)C(=O)O1. The number of ketones is 2. The molecule has 13 heteroatoms. The molecule has 1 aromatic rings. The molecule has 2 saturated heterocycles. The molecule has 0 bridgehead atoms. The van der Waals surface area contributed by atoms with Gasteiger partial charge >= 0.3 is 23.9 Å². The Bertz CT molecular complexity index is 1110. The Labute approximate surface area is 197 Å². The fraction of sp³-hybridized carbons (Fsp3) is 0.364. The van der Waals surface area contributed by atoms with Crippen molar-refractivity contribution in [3.8, 4) is 0 Å². The highest BCUT2D eigenvalue weighted by atomic mass is 16.8. The smallest absolute Gasteiger partial charge is 0.331 e. The van der Waals surface area contributed by atoms with Gasteiger partial charge in [0.2, 0.25) is 11.8 Å². The Morgan fingerprint density at radius 3 is 1.60 bits per heavy atom. The Morgan fingerprint density at radius 2 is 1.23 bits per heavy atom. The molecule has 184 valence electrons. The van der Waals surface area contributed by atoms with Crippen molar-refractivity contribution < 1.29 is 52.6 Å². The quantitative estimate of drug-likeness (QED) is 0.138. The van der Waals surface area contributed by atoms with E-state index in [9.17, 15) is 38.9 Å². The standard InChI is InChI=1S/C22H19NO12/c1-21(2)32-17(26)13(18(27)33-21)15(24)12(9-10-6-5-7-11(8-10)23(30)31)16(25)14-19(28)34-22(3,4)35-20(14)29/h5-9,13-14H,1-4H3. The maximum absolute atomic E-state index is 13.2. The average Bonchev–Trinajstić information content (AvgIpc) is 2.68. The van der Waals surface area contributed by atoms with Crippen molar-refractivity contribution in [2.24, 2.45) is 11.8 Å². The summed E-state index contributed by atoms with van der Waals surface area (Å²) in [7, 11) is 0. The van der Waals surface area contributed by atoms with E-state index in [1.54, 1.807) is 0 Å². The van der Waals surface area contributed by atoms with E-state index in [-0.39, 0.29) is 5.56 Å². The molecule has 0 atom stereocenters. The lowest BCUT2D eigenvalue weighted by molar-refractivity contribution is -0.384. The highest BCUT2D eigenvalue weighted by Crippen LogP contribution is 2.30. The number of rotatable bonds is 6. The number of nitro benzene ring substituents is 1. The van der Waals surface area contributed by atoms with Crippen molar-refractivity contribution in [3.05, 3.63) is 45.5 Å². The summed E-state index contributed by atoms with van der Waals surface area (Å²) >= 11 is 0. The molecule has 0 spiro atoms. The fourth-order valence-corrected chi connectivity index (χ4v) is 3.34. The second kappa shape index (κ2) is 8.74. The molecule has 3 rings (SSSR count). The minimum absolute atomic E-state index is 0.0772. The number of nitrogens with zero attached hydrogens (tertiary/aromatic N) is 1. The minimum Gasteiger partial charge on any atom is -0.422 e. The maximum Gasteiger partial charge on any atom is 0.331 e. The van der Waals surface area contributed by atoms with Gasteiger partial charge in [-0.2, -0.15) is 0 Å². The average molecular weight is 489 g/mol. The second-order valence-corrected chi connectivity index (χ2v) is 8.49. The lowest BCUT2D eigenvalue weighted by atomic mass is 9.87. The van der Waals surface area contributed by atoms with Gasteiger partial charge in [0.25, 0.3) is 17.3 Å². The molecule has 2 heterocycles. The Hall–Kier alpha value is -4.42. The van der Waals surface area contributed by atoms with Crippen molar-refractivity contribution in [1.29, 1.82) is 0 Å². The number of non-ortho nitro benzene ring substituents is 1. The summed E-state index contributed by atoms with van der Waals surface area (Å²) in [6.07, 6.45) is 0.804. The number of carbonyl (C=O) groups excluding carboxylic acids is 6. The van der Waals surface area contributed by atoms with Crippen LogP contribution >= 0.6 is 0 Å². The third kappa shape index (κ3) is 5.23. The van der Waals surface area contributed by atoms with Gasteiger partial charge in [0.05, 0.1) is 10.5 Å². The molecule has 2 aliphatic rings. The number of Topliss-reactive ketones (excluding diaryl/α,β-unsaturated/α-hetero) is 2. The van der Waals surface area contributed by atoms with E-state index in [0.29, 0.717) is 0 Å². The van der Waals surface area contributed by atoms with Gasteiger partial charge in [-0.15, -0.1) is 0 Å². The van der Waals surface area contributed by atoms with E-state index in [2.05, 4.69) is 0 Å². The van der Waals surface area contributed by atoms with E-state index in [1.807, 2.05) is 0 Å². The van der Waals surface area contributed by atoms with Crippen LogP contribution in [0.2, 0.25) is 0 Å². The van der Waals surface area contributed by atoms with Crippen LogP contribution in [0.15, 0.2) is 29.8 Å². The van der Waals surface area contributed by atoms with Gasteiger partial charge in [-0.1, -0.05) is 12.1 Å². The number of cyclic esters (lactones) is 4. The van der Waals surface area contributed by atoms with Gasteiger partial charge < -0.3 is 18.9 Å². The number of hydrogen-bond donors (Lipinski definition) is 0. The highest BCUT2D eigenvalue weighted by molar-refractivity contribution is 6.37. The number of esters is 4. The zero-order valence-corrected chi connectivity index (χ0v) is 18.9. The van der Waals surface area contributed by atoms with Crippen LogP contribution in [0.3, 0.4) is 0 Å². The fourth-order valence-electron chi connectivity index (χ4n) is 3.34. The Kier molecular flexibility index (Phi) is 6.29. The van der Waals surface area contributed by atoms with Crippen LogP contribution in [-0.2, 0) is 47.7 Å². The van der Waals surface area contributed by atoms with E-state index in [4.69, 9.17) is 18.9 Å². The molecule has 0 aromatic heterocycles. The van der Waals surface area contributed by atoms with Crippen LogP contribution in [0, 0.1) is 22.0 Å². The van der Waals surface area contributed by atoms with E-state index in [1.165, 1.54) is 39.8 Å². The molecular formula is C22H19NO12. The molecule has 0 radical (unpaired) electrons. The van der Waals surface area contributed by atoms with Crippen LogP contribution in [0.25, 0.3) is 6.08 Å². The Morgan fingerprint density at radius 1 is 0.829 bits per heavy atom. The molecule has 0 N–H and O–H groups in total. The zero-order valence-electron chi connectivity index (χ0n) is 18.9. The normalized spacial score (nSPS) is 19.5. The summed E-state index contributed by atoms with van der Waals surface area (Å²) in [4.78, 5) is 86.5. The van der Waals surface area contributed by atoms with Gasteiger partial charge in [-0.25, -0.2) is 0 Å². The first-order valence-corrected chi connectivity index (χ1v) is 10.1. The molecule has 0 amide bonds. The number of hydrogen-bond acceptors (Lipinski definition) is 12. The minimum atomic E-state index is -2.25. The van der Waals surface area contributed by atoms with Gasteiger partial charge in [0, 0.05) is 39.8 Å². The lowest BCUT2D eigenvalue weighted by Crippen LogP contribution is -2.52. The van der Waals surface area contributed by atoms with Gasteiger partial charge in [-0.3, -0.25) is 38.9 Å². The van der Waals surface area contributed by atoms with Crippen LogP contribution in [0.5, 0.6) is 0 Å². The maximum atomic E-state index is 13.2. The number of benzene rings is 1. The molecular weight excluding hydrogens is 470 g/mol. The zero-order chi connectivity index (χ0) is 26.3. The summed E-state index contributed by atoms with van der Waals surface area (Å²) < 4.78 is 19.6. The van der Waals surface area contributed by atoms with E-state index in [0.717, 1.165) is 18.2 Å². The summed E-state index contributed by atoms with van der Waals surface area (Å²) in [5.74, 6) is -16.1. The van der Waals surface area contributed by atoms with Gasteiger partial charge in [0.15, 0.2) is 11.6 Å². The number of nitro groups is 1. The van der Waals surface area contributed by atoms with Crippen molar-refractivity contribution in [1.82, 2.24) is 0 Å². The first-order chi connectivity index (χ1) is 16.1. The summed E-state index contributed by atoms with van der Waals surface area (Å²) in [6, 6.07) is 4.64. The molecule has 13 nitrogen and oxygen atoms in total. The van der Waals surface area contributed by atoms with Crippen molar-refractivity contribution in [2.45, 2.75) is 39.3 Å². The number of carbonyl (C=O) groups is 6. The number of allylic oxidation sites excluding steroid dienone is 1. The molecule has 0 saturated carbocycles. The van der Waals surface area contributed by atoms with Crippen LogP contribution < -0.4 is 0 Å². The summed E-state index contributed by atoms with van der Waals surface area (Å²) in [5, 5.41) is 11.1. The lowest BCUT2D eigenvalue weighted by Gasteiger charge is -2.33. The molecule has 0 unspecified atom stereocenters. The molecule has 2 fully saturated rings. The van der Waals surface area contributed by atoms with Crippen molar-refractivity contribution >= 4 is 47.2 Å². The van der Waals surface area contributed by atoms with Crippen LogP contribution in [-0.4, -0.2) is 51.9 Å². The van der Waals surface area contributed by atoms with E-state index < -0.39 is 75.0 Å². The molecule has 1 aromatic carbocycles. The first-order valence-electron chi connectivity index (χ1n) is 10.1. The van der Waals surface area contributed by atoms with Crippen LogP contribution in [0.4, 0.5) is 5.69 Å². The van der Waals surface area contributed by atoms with Gasteiger partial charge in [0.1, 0.15) is 0 Å². The topological polar surface area (TPSA) is 182 Å². The second-order valence-electron chi connectivity index (χ2n) is 8.49. The Balaban J connectivity index is 2.09. The van der Waals surface area contributed by atoms with Crippen molar-refractivity contribution in [3.63, 3.8) is 0 Å². The highest BCUT2D eigenvalue weighted by Gasteiger charge is 2.53. The largest absolute Gasteiger partial charge is 0.422 e.